The Morgan fingerprint density at radius 1 is 0.913 bits per heavy atom. The summed E-state index contributed by atoms with van der Waals surface area (Å²) in [7, 11) is 0. The highest BCUT2D eigenvalue weighted by Crippen LogP contribution is 2.21. The lowest BCUT2D eigenvalue weighted by atomic mass is 10.0. The SMILES string of the molecule is CCCCCCCCCCCCc1ccc(O)c(/C(C)=N/O)c1. The van der Waals surface area contributed by atoms with Gasteiger partial charge in [-0.25, -0.2) is 0 Å². The number of hydrogen-bond donors (Lipinski definition) is 2. The van der Waals surface area contributed by atoms with Gasteiger partial charge in [-0.05, 0) is 37.5 Å². The Balaban J connectivity index is 2.17. The third-order valence-electron chi connectivity index (χ3n) is 4.42. The molecular weight excluding hydrogens is 286 g/mol. The number of aryl methyl sites for hydroxylation is 1. The molecule has 0 saturated carbocycles. The zero-order valence-electron chi connectivity index (χ0n) is 14.9. The fourth-order valence-electron chi connectivity index (χ4n) is 2.90. The van der Waals surface area contributed by atoms with Crippen LogP contribution in [0.1, 0.15) is 89.2 Å². The van der Waals surface area contributed by atoms with Crippen LogP contribution in [0.3, 0.4) is 0 Å². The van der Waals surface area contributed by atoms with E-state index in [9.17, 15) is 5.11 Å². The summed E-state index contributed by atoms with van der Waals surface area (Å²) in [6, 6.07) is 5.57. The Bertz CT molecular complexity index is 469. The first-order chi connectivity index (χ1) is 11.2. The number of unbranched alkanes of at least 4 members (excludes halogenated alkanes) is 9. The molecule has 0 fully saturated rings. The zero-order valence-corrected chi connectivity index (χ0v) is 14.9. The van der Waals surface area contributed by atoms with Crippen molar-refractivity contribution in [2.45, 2.75) is 84.5 Å². The summed E-state index contributed by atoms with van der Waals surface area (Å²) < 4.78 is 0. The summed E-state index contributed by atoms with van der Waals surface area (Å²) >= 11 is 0. The molecule has 0 amide bonds. The van der Waals surface area contributed by atoms with Crippen molar-refractivity contribution in [3.05, 3.63) is 29.3 Å². The van der Waals surface area contributed by atoms with Crippen molar-refractivity contribution in [2.24, 2.45) is 5.16 Å². The first-order valence-corrected chi connectivity index (χ1v) is 9.20. The highest BCUT2D eigenvalue weighted by molar-refractivity contribution is 6.00. The molecule has 1 rings (SSSR count). The van der Waals surface area contributed by atoms with Gasteiger partial charge in [0.05, 0.1) is 5.71 Å². The normalized spacial score (nSPS) is 11.8. The average molecular weight is 319 g/mol. The molecule has 0 spiro atoms. The van der Waals surface area contributed by atoms with E-state index < -0.39 is 0 Å². The Labute approximate surface area is 141 Å². The monoisotopic (exact) mass is 319 g/mol. The van der Waals surface area contributed by atoms with Gasteiger partial charge in [0.2, 0.25) is 0 Å². The van der Waals surface area contributed by atoms with Gasteiger partial charge in [0, 0.05) is 5.56 Å². The predicted octanol–water partition coefficient (Wildman–Crippen LogP) is 6.05. The van der Waals surface area contributed by atoms with Crippen LogP contribution in [0.15, 0.2) is 23.4 Å². The quantitative estimate of drug-likeness (QED) is 0.213. The van der Waals surface area contributed by atoms with Gasteiger partial charge in [-0.15, -0.1) is 0 Å². The number of nitrogens with zero attached hydrogens (tertiary/aromatic N) is 1. The van der Waals surface area contributed by atoms with Crippen LogP contribution in [0.4, 0.5) is 0 Å². The maximum Gasteiger partial charge on any atom is 0.124 e. The molecule has 0 aliphatic rings. The van der Waals surface area contributed by atoms with Crippen molar-refractivity contribution in [1.82, 2.24) is 0 Å². The van der Waals surface area contributed by atoms with Crippen LogP contribution in [-0.4, -0.2) is 16.0 Å². The maximum atomic E-state index is 9.79. The van der Waals surface area contributed by atoms with Crippen molar-refractivity contribution < 1.29 is 10.3 Å². The van der Waals surface area contributed by atoms with Crippen LogP contribution < -0.4 is 0 Å². The molecule has 0 aliphatic heterocycles. The summed E-state index contributed by atoms with van der Waals surface area (Å²) in [5, 5.41) is 21.8. The van der Waals surface area contributed by atoms with Crippen LogP contribution in [0, 0.1) is 0 Å². The number of hydrogen-bond acceptors (Lipinski definition) is 3. The zero-order chi connectivity index (χ0) is 16.9. The van der Waals surface area contributed by atoms with Crippen LogP contribution in [-0.2, 0) is 6.42 Å². The summed E-state index contributed by atoms with van der Waals surface area (Å²) in [5.74, 6) is 0.173. The van der Waals surface area contributed by atoms with Gasteiger partial charge in [-0.1, -0.05) is 75.9 Å². The topological polar surface area (TPSA) is 52.8 Å². The molecule has 130 valence electrons. The number of phenols is 1. The molecule has 0 bridgehead atoms. The largest absolute Gasteiger partial charge is 0.507 e. The number of phenolic OH excluding ortho intramolecular Hbond substituents is 1. The Kier molecular flexibility index (Phi) is 10.2. The van der Waals surface area contributed by atoms with Gasteiger partial charge in [0.1, 0.15) is 5.75 Å². The summed E-state index contributed by atoms with van der Waals surface area (Å²) in [6.07, 6.45) is 14.4. The van der Waals surface area contributed by atoms with E-state index >= 15 is 0 Å². The van der Waals surface area contributed by atoms with Crippen LogP contribution in [0.5, 0.6) is 5.75 Å². The number of oxime groups is 1. The van der Waals surface area contributed by atoms with E-state index in [0.717, 1.165) is 6.42 Å². The smallest absolute Gasteiger partial charge is 0.124 e. The lowest BCUT2D eigenvalue weighted by Crippen LogP contribution is -1.97. The minimum absolute atomic E-state index is 0.173. The number of rotatable bonds is 12. The van der Waals surface area contributed by atoms with E-state index in [2.05, 4.69) is 12.1 Å². The van der Waals surface area contributed by atoms with E-state index in [1.807, 2.05) is 12.1 Å². The molecule has 3 heteroatoms. The second-order valence-electron chi connectivity index (χ2n) is 6.47. The minimum Gasteiger partial charge on any atom is -0.507 e. The van der Waals surface area contributed by atoms with Gasteiger partial charge >= 0.3 is 0 Å². The molecule has 1 aromatic rings. The molecule has 23 heavy (non-hydrogen) atoms. The third-order valence-corrected chi connectivity index (χ3v) is 4.42. The lowest BCUT2D eigenvalue weighted by Gasteiger charge is -2.07. The highest BCUT2D eigenvalue weighted by Gasteiger charge is 2.06. The van der Waals surface area contributed by atoms with Gasteiger partial charge < -0.3 is 10.3 Å². The highest BCUT2D eigenvalue weighted by atomic mass is 16.4. The molecule has 0 atom stereocenters. The molecule has 0 saturated heterocycles. The van der Waals surface area contributed by atoms with Crippen LogP contribution >= 0.6 is 0 Å². The van der Waals surface area contributed by atoms with E-state index in [1.54, 1.807) is 13.0 Å². The molecule has 0 aliphatic carbocycles. The van der Waals surface area contributed by atoms with Crippen molar-refractivity contribution in [1.29, 1.82) is 0 Å². The molecular formula is C20H33NO2. The van der Waals surface area contributed by atoms with Crippen molar-refractivity contribution >= 4 is 5.71 Å². The number of aromatic hydroxyl groups is 1. The summed E-state index contributed by atoms with van der Waals surface area (Å²) in [6.45, 7) is 3.95. The summed E-state index contributed by atoms with van der Waals surface area (Å²) in [5.41, 5.74) is 2.27. The Morgan fingerprint density at radius 3 is 2.04 bits per heavy atom. The Hall–Kier alpha value is -1.51. The van der Waals surface area contributed by atoms with Gasteiger partial charge in [0.25, 0.3) is 0 Å². The molecule has 2 N–H and O–H groups in total. The van der Waals surface area contributed by atoms with Gasteiger partial charge in [-0.3, -0.25) is 0 Å². The van der Waals surface area contributed by atoms with Crippen LogP contribution in [0.25, 0.3) is 0 Å². The molecule has 0 unspecified atom stereocenters. The van der Waals surface area contributed by atoms with E-state index in [4.69, 9.17) is 5.21 Å². The predicted molar refractivity (Wildman–Crippen MR) is 97.7 cm³/mol. The van der Waals surface area contributed by atoms with Gasteiger partial charge in [0.15, 0.2) is 0 Å². The van der Waals surface area contributed by atoms with E-state index in [0.29, 0.717) is 11.3 Å². The second-order valence-corrected chi connectivity index (χ2v) is 6.47. The minimum atomic E-state index is 0.173. The van der Waals surface area contributed by atoms with Crippen molar-refractivity contribution in [3.8, 4) is 5.75 Å². The summed E-state index contributed by atoms with van der Waals surface area (Å²) in [4.78, 5) is 0. The van der Waals surface area contributed by atoms with Gasteiger partial charge in [-0.2, -0.15) is 0 Å². The maximum absolute atomic E-state index is 9.79. The second kappa shape index (κ2) is 12.0. The van der Waals surface area contributed by atoms with Crippen molar-refractivity contribution in [2.75, 3.05) is 0 Å². The average Bonchev–Trinajstić information content (AvgIpc) is 2.57. The Morgan fingerprint density at radius 2 is 1.48 bits per heavy atom. The molecule has 0 heterocycles. The first-order valence-electron chi connectivity index (χ1n) is 9.20. The fraction of sp³-hybridized carbons (Fsp3) is 0.650. The molecule has 3 nitrogen and oxygen atoms in total. The first kappa shape index (κ1) is 19.5. The van der Waals surface area contributed by atoms with E-state index in [1.165, 1.54) is 69.8 Å². The standard InChI is InChI=1S/C20H33NO2/c1-3-4-5-6-7-8-9-10-11-12-13-18-14-15-20(22)19(16-18)17(2)21-23/h14-16,22-23H,3-13H2,1-2H3/b21-17+. The van der Waals surface area contributed by atoms with E-state index in [-0.39, 0.29) is 5.75 Å². The third kappa shape index (κ3) is 8.06. The molecule has 1 aromatic carbocycles. The van der Waals surface area contributed by atoms with Crippen LogP contribution in [0.2, 0.25) is 0 Å². The molecule has 0 aromatic heterocycles. The number of benzene rings is 1. The molecule has 0 radical (unpaired) electrons. The van der Waals surface area contributed by atoms with Crippen molar-refractivity contribution in [3.63, 3.8) is 0 Å². The lowest BCUT2D eigenvalue weighted by molar-refractivity contribution is 0.318. The fourth-order valence-corrected chi connectivity index (χ4v) is 2.90.